The summed E-state index contributed by atoms with van der Waals surface area (Å²) < 4.78 is 12.8. The molecule has 0 bridgehead atoms. The van der Waals surface area contributed by atoms with Crippen molar-refractivity contribution in [3.63, 3.8) is 0 Å². The van der Waals surface area contributed by atoms with Gasteiger partial charge in [0.25, 0.3) is 0 Å². The van der Waals surface area contributed by atoms with E-state index in [0.29, 0.717) is 11.1 Å². The molecule has 0 aromatic heterocycles. The van der Waals surface area contributed by atoms with Crippen LogP contribution < -0.4 is 5.73 Å². The van der Waals surface area contributed by atoms with E-state index < -0.39 is 11.7 Å². The molecule has 0 aliphatic carbocycles. The van der Waals surface area contributed by atoms with Crippen LogP contribution in [0.2, 0.25) is 0 Å². The molecule has 76 valence electrons. The molecule has 0 aliphatic heterocycles. The fourth-order valence-electron chi connectivity index (χ4n) is 1.08. The molecule has 3 nitrogen and oxygen atoms in total. The molecule has 0 saturated heterocycles. The Morgan fingerprint density at radius 1 is 1.60 bits per heavy atom. The topological polar surface area (TPSA) is 66.9 Å². The van der Waals surface area contributed by atoms with Gasteiger partial charge in [-0.25, -0.2) is 4.39 Å². The summed E-state index contributed by atoms with van der Waals surface area (Å²) in [6, 6.07) is 5.76. The second-order valence-electron chi connectivity index (χ2n) is 2.92. The molecule has 0 radical (unpaired) electrons. The molecule has 1 amide bonds. The molecule has 0 fully saturated rings. The molecule has 1 rings (SSSR count). The van der Waals surface area contributed by atoms with E-state index in [1.54, 1.807) is 0 Å². The number of halogens is 1. The van der Waals surface area contributed by atoms with Gasteiger partial charge in [-0.3, -0.25) is 4.79 Å². The second kappa shape index (κ2) is 4.91. The van der Waals surface area contributed by atoms with Crippen molar-refractivity contribution in [1.29, 1.82) is 5.26 Å². The number of hydrogen-bond donors (Lipinski definition) is 1. The maximum Gasteiger partial charge on any atom is 0.221 e. The van der Waals surface area contributed by atoms with Crippen molar-refractivity contribution in [1.82, 2.24) is 0 Å². The number of primary amides is 1. The summed E-state index contributed by atoms with van der Waals surface area (Å²) >= 11 is 0. The van der Waals surface area contributed by atoms with Crippen molar-refractivity contribution in [2.24, 2.45) is 5.73 Å². The molecular formula is C11H9FN2O. The maximum absolute atomic E-state index is 12.8. The van der Waals surface area contributed by atoms with E-state index in [1.807, 2.05) is 6.07 Å². The quantitative estimate of drug-likeness (QED) is 0.812. The van der Waals surface area contributed by atoms with Crippen molar-refractivity contribution >= 4 is 12.0 Å². The van der Waals surface area contributed by atoms with Crippen molar-refractivity contribution in [2.75, 3.05) is 0 Å². The molecule has 0 spiro atoms. The van der Waals surface area contributed by atoms with Crippen LogP contribution in [0.5, 0.6) is 0 Å². The SMILES string of the molecule is N#Cc1ccc(F)cc1C=CCC(N)=O. The summed E-state index contributed by atoms with van der Waals surface area (Å²) in [5, 5.41) is 8.72. The van der Waals surface area contributed by atoms with Crippen molar-refractivity contribution < 1.29 is 9.18 Å². The average molecular weight is 204 g/mol. The lowest BCUT2D eigenvalue weighted by Crippen LogP contribution is -2.07. The lowest BCUT2D eigenvalue weighted by molar-refractivity contribution is -0.117. The molecule has 0 saturated carbocycles. The Morgan fingerprint density at radius 2 is 2.33 bits per heavy atom. The van der Waals surface area contributed by atoms with Gasteiger partial charge >= 0.3 is 0 Å². The first-order valence-corrected chi connectivity index (χ1v) is 4.28. The Morgan fingerprint density at radius 3 is 2.93 bits per heavy atom. The van der Waals surface area contributed by atoms with Gasteiger partial charge in [-0.1, -0.05) is 12.2 Å². The fraction of sp³-hybridized carbons (Fsp3) is 0.0909. The van der Waals surface area contributed by atoms with Gasteiger partial charge in [0.1, 0.15) is 5.82 Å². The summed E-state index contributed by atoms with van der Waals surface area (Å²) in [7, 11) is 0. The predicted octanol–water partition coefficient (Wildman–Crippen LogP) is 1.59. The number of nitrogens with zero attached hydrogens (tertiary/aromatic N) is 1. The number of hydrogen-bond acceptors (Lipinski definition) is 2. The molecule has 4 heteroatoms. The Bertz CT molecular complexity index is 446. The minimum absolute atomic E-state index is 0.0708. The zero-order valence-corrected chi connectivity index (χ0v) is 7.90. The van der Waals surface area contributed by atoms with Gasteiger partial charge in [-0.2, -0.15) is 5.26 Å². The van der Waals surface area contributed by atoms with Crippen molar-refractivity contribution in [3.05, 3.63) is 41.2 Å². The van der Waals surface area contributed by atoms with Gasteiger partial charge < -0.3 is 5.73 Å². The first-order valence-electron chi connectivity index (χ1n) is 4.28. The van der Waals surface area contributed by atoms with E-state index in [2.05, 4.69) is 0 Å². The van der Waals surface area contributed by atoms with Crippen molar-refractivity contribution in [3.8, 4) is 6.07 Å². The fourth-order valence-corrected chi connectivity index (χ4v) is 1.08. The molecule has 1 aromatic rings. The molecule has 2 N–H and O–H groups in total. The maximum atomic E-state index is 12.8. The predicted molar refractivity (Wildman–Crippen MR) is 54.0 cm³/mol. The smallest absolute Gasteiger partial charge is 0.221 e. The van der Waals surface area contributed by atoms with Crippen LogP contribution in [0.15, 0.2) is 24.3 Å². The highest BCUT2D eigenvalue weighted by Crippen LogP contribution is 2.12. The number of carbonyl (C=O) groups is 1. The van der Waals surface area contributed by atoms with Crippen LogP contribution in [0.1, 0.15) is 17.5 Å². The van der Waals surface area contributed by atoms with Crippen LogP contribution in [0.3, 0.4) is 0 Å². The zero-order chi connectivity index (χ0) is 11.3. The lowest BCUT2D eigenvalue weighted by Gasteiger charge is -1.97. The molecule has 1 aromatic carbocycles. The summed E-state index contributed by atoms with van der Waals surface area (Å²) in [4.78, 5) is 10.4. The molecule has 0 aliphatic rings. The Balaban J connectivity index is 2.93. The highest BCUT2D eigenvalue weighted by molar-refractivity contribution is 5.76. The van der Waals surface area contributed by atoms with Crippen LogP contribution in [0.25, 0.3) is 6.08 Å². The van der Waals surface area contributed by atoms with Crippen LogP contribution >= 0.6 is 0 Å². The van der Waals surface area contributed by atoms with Crippen LogP contribution in [0.4, 0.5) is 4.39 Å². The zero-order valence-electron chi connectivity index (χ0n) is 7.90. The van der Waals surface area contributed by atoms with Crippen LogP contribution in [-0.4, -0.2) is 5.91 Å². The number of nitriles is 1. The summed E-state index contributed by atoms with van der Waals surface area (Å²) in [6.45, 7) is 0. The minimum Gasteiger partial charge on any atom is -0.369 e. The summed E-state index contributed by atoms with van der Waals surface area (Å²) in [5.41, 5.74) is 5.73. The number of rotatable bonds is 3. The van der Waals surface area contributed by atoms with Gasteiger partial charge in [-0.15, -0.1) is 0 Å². The van der Waals surface area contributed by atoms with Gasteiger partial charge in [0, 0.05) is 6.42 Å². The second-order valence-corrected chi connectivity index (χ2v) is 2.92. The third kappa shape index (κ3) is 3.24. The number of benzene rings is 1. The van der Waals surface area contributed by atoms with E-state index in [1.165, 1.54) is 30.4 Å². The van der Waals surface area contributed by atoms with E-state index in [0.717, 1.165) is 0 Å². The molecule has 15 heavy (non-hydrogen) atoms. The van der Waals surface area contributed by atoms with Crippen LogP contribution in [0, 0.1) is 17.1 Å². The van der Waals surface area contributed by atoms with E-state index in [-0.39, 0.29) is 6.42 Å². The number of amides is 1. The van der Waals surface area contributed by atoms with Crippen LogP contribution in [-0.2, 0) is 4.79 Å². The Labute approximate surface area is 86.6 Å². The monoisotopic (exact) mass is 204 g/mol. The summed E-state index contributed by atoms with van der Waals surface area (Å²) in [5.74, 6) is -0.895. The first-order chi connectivity index (χ1) is 7.13. The summed E-state index contributed by atoms with van der Waals surface area (Å²) in [6.07, 6.45) is 3.08. The molecule has 0 heterocycles. The third-order valence-electron chi connectivity index (χ3n) is 1.75. The minimum atomic E-state index is -0.471. The average Bonchev–Trinajstić information content (AvgIpc) is 2.17. The Kier molecular flexibility index (Phi) is 3.58. The van der Waals surface area contributed by atoms with E-state index >= 15 is 0 Å². The van der Waals surface area contributed by atoms with E-state index in [4.69, 9.17) is 11.0 Å². The first kappa shape index (κ1) is 10.9. The lowest BCUT2D eigenvalue weighted by atomic mass is 10.1. The van der Waals surface area contributed by atoms with Gasteiger partial charge in [0.05, 0.1) is 11.6 Å². The van der Waals surface area contributed by atoms with Gasteiger partial charge in [0.15, 0.2) is 0 Å². The largest absolute Gasteiger partial charge is 0.369 e. The number of nitrogens with two attached hydrogens (primary N) is 1. The van der Waals surface area contributed by atoms with Gasteiger partial charge in [0.2, 0.25) is 5.91 Å². The number of carbonyl (C=O) groups excluding carboxylic acids is 1. The third-order valence-corrected chi connectivity index (χ3v) is 1.75. The normalized spacial score (nSPS) is 10.1. The Hall–Kier alpha value is -2.15. The molecule has 0 unspecified atom stereocenters. The standard InChI is InChI=1S/C11H9FN2O/c12-10-5-4-9(7-13)8(6-10)2-1-3-11(14)15/h1-2,4-6H,3H2,(H2,14,15). The molecular weight excluding hydrogens is 195 g/mol. The van der Waals surface area contributed by atoms with Crippen molar-refractivity contribution in [2.45, 2.75) is 6.42 Å². The molecule has 0 atom stereocenters. The highest BCUT2D eigenvalue weighted by Gasteiger charge is 2.00. The highest BCUT2D eigenvalue weighted by atomic mass is 19.1. The van der Waals surface area contributed by atoms with E-state index in [9.17, 15) is 9.18 Å². The van der Waals surface area contributed by atoms with Gasteiger partial charge in [-0.05, 0) is 23.8 Å².